The van der Waals surface area contributed by atoms with Crippen LogP contribution in [0.1, 0.15) is 40.0 Å². The molecule has 0 aromatic carbocycles. The van der Waals surface area contributed by atoms with Crippen LogP contribution in [-0.4, -0.2) is 43.5 Å². The summed E-state index contributed by atoms with van der Waals surface area (Å²) in [4.78, 5) is 13.9. The van der Waals surface area contributed by atoms with Crippen molar-refractivity contribution in [3.05, 3.63) is 0 Å². The number of hydrogen-bond acceptors (Lipinski definition) is 3. The lowest BCUT2D eigenvalue weighted by Gasteiger charge is -2.18. The van der Waals surface area contributed by atoms with E-state index >= 15 is 0 Å². The normalized spacial score (nSPS) is 12.8. The Labute approximate surface area is 106 Å². The van der Waals surface area contributed by atoms with Crippen LogP contribution in [0.4, 0.5) is 0 Å². The molecule has 0 aromatic heterocycles. The summed E-state index contributed by atoms with van der Waals surface area (Å²) in [6.45, 7) is 10.9. The van der Waals surface area contributed by atoms with Crippen LogP contribution in [0.2, 0.25) is 0 Å². The van der Waals surface area contributed by atoms with Crippen LogP contribution in [0.3, 0.4) is 0 Å². The third-order valence-electron chi connectivity index (χ3n) is 3.17. The fourth-order valence-corrected chi connectivity index (χ4v) is 1.79. The molecule has 3 N–H and O–H groups in total. The minimum atomic E-state index is 0.168. The van der Waals surface area contributed by atoms with Crippen LogP contribution in [0.15, 0.2) is 0 Å². The van der Waals surface area contributed by atoms with Gasteiger partial charge in [-0.2, -0.15) is 0 Å². The molecule has 0 saturated heterocycles. The topological polar surface area (TPSA) is 58.4 Å². The highest BCUT2D eigenvalue weighted by atomic mass is 16.1. The van der Waals surface area contributed by atoms with Gasteiger partial charge >= 0.3 is 0 Å². The lowest BCUT2D eigenvalue weighted by molar-refractivity contribution is -0.121. The monoisotopic (exact) mass is 243 g/mol. The highest BCUT2D eigenvalue weighted by Gasteiger charge is 2.06. The van der Waals surface area contributed by atoms with Gasteiger partial charge in [0, 0.05) is 19.5 Å². The largest absolute Gasteiger partial charge is 0.355 e. The van der Waals surface area contributed by atoms with E-state index in [4.69, 9.17) is 5.73 Å². The van der Waals surface area contributed by atoms with E-state index in [9.17, 15) is 4.79 Å². The molecular weight excluding hydrogens is 214 g/mol. The minimum Gasteiger partial charge on any atom is -0.355 e. The molecule has 0 saturated carbocycles. The van der Waals surface area contributed by atoms with Crippen LogP contribution in [-0.2, 0) is 4.79 Å². The van der Waals surface area contributed by atoms with Crippen molar-refractivity contribution in [2.45, 2.75) is 40.0 Å². The minimum absolute atomic E-state index is 0.168. The van der Waals surface area contributed by atoms with E-state index < -0.39 is 0 Å². The molecule has 0 aliphatic carbocycles. The van der Waals surface area contributed by atoms with Crippen molar-refractivity contribution >= 4 is 5.91 Å². The molecular formula is C13H29N3O. The predicted molar refractivity (Wildman–Crippen MR) is 72.9 cm³/mol. The molecule has 0 aliphatic heterocycles. The molecule has 0 fully saturated rings. The zero-order valence-electron chi connectivity index (χ0n) is 11.7. The highest BCUT2D eigenvalue weighted by molar-refractivity contribution is 5.75. The Morgan fingerprint density at radius 2 is 1.94 bits per heavy atom. The van der Waals surface area contributed by atoms with Gasteiger partial charge in [-0.05, 0) is 38.4 Å². The van der Waals surface area contributed by atoms with E-state index in [1.807, 2.05) is 0 Å². The van der Waals surface area contributed by atoms with Gasteiger partial charge < -0.3 is 16.0 Å². The summed E-state index contributed by atoms with van der Waals surface area (Å²) in [5.74, 6) is 0.717. The summed E-state index contributed by atoms with van der Waals surface area (Å²) >= 11 is 0. The first-order valence-corrected chi connectivity index (χ1v) is 6.83. The maximum absolute atomic E-state index is 11.5. The molecule has 0 aliphatic rings. The first-order valence-electron chi connectivity index (χ1n) is 6.83. The van der Waals surface area contributed by atoms with E-state index in [2.05, 4.69) is 31.0 Å². The number of rotatable bonds is 10. The summed E-state index contributed by atoms with van der Waals surface area (Å²) in [5, 5.41) is 2.97. The molecule has 1 unspecified atom stereocenters. The predicted octanol–water partition coefficient (Wildman–Crippen LogP) is 1.21. The number of hydrogen-bond donors (Lipinski definition) is 2. The van der Waals surface area contributed by atoms with E-state index in [0.717, 1.165) is 39.0 Å². The van der Waals surface area contributed by atoms with Gasteiger partial charge in [-0.15, -0.1) is 0 Å². The highest BCUT2D eigenvalue weighted by Crippen LogP contribution is 2.08. The molecule has 4 heteroatoms. The molecule has 1 atom stereocenters. The second kappa shape index (κ2) is 10.5. The standard InChI is InChI=1S/C13H29N3O/c1-4-16(5-2)11-10-15-13(17)7-6-12(3)8-9-14/h12H,4-11,14H2,1-3H3,(H,15,17). The summed E-state index contributed by atoms with van der Waals surface area (Å²) in [6, 6.07) is 0. The second-order valence-corrected chi connectivity index (χ2v) is 4.60. The number of nitrogens with zero attached hydrogens (tertiary/aromatic N) is 1. The average molecular weight is 243 g/mol. The first kappa shape index (κ1) is 16.4. The lowest BCUT2D eigenvalue weighted by atomic mass is 10.0. The number of carbonyl (C=O) groups is 1. The van der Waals surface area contributed by atoms with E-state index in [0.29, 0.717) is 18.9 Å². The van der Waals surface area contributed by atoms with Gasteiger partial charge in [0.05, 0.1) is 0 Å². The Morgan fingerprint density at radius 1 is 1.29 bits per heavy atom. The Kier molecular flexibility index (Phi) is 10.2. The van der Waals surface area contributed by atoms with Crippen molar-refractivity contribution in [2.75, 3.05) is 32.7 Å². The molecule has 0 heterocycles. The van der Waals surface area contributed by atoms with E-state index in [1.165, 1.54) is 0 Å². The van der Waals surface area contributed by atoms with Crippen LogP contribution in [0.25, 0.3) is 0 Å². The molecule has 0 spiro atoms. The van der Waals surface area contributed by atoms with Crippen molar-refractivity contribution in [2.24, 2.45) is 11.7 Å². The third-order valence-corrected chi connectivity index (χ3v) is 3.17. The first-order chi connectivity index (χ1) is 8.13. The van der Waals surface area contributed by atoms with Crippen LogP contribution in [0, 0.1) is 5.92 Å². The zero-order chi connectivity index (χ0) is 13.1. The Hall–Kier alpha value is -0.610. The third kappa shape index (κ3) is 9.12. The molecule has 17 heavy (non-hydrogen) atoms. The molecule has 0 bridgehead atoms. The molecule has 0 radical (unpaired) electrons. The fraction of sp³-hybridized carbons (Fsp3) is 0.923. The summed E-state index contributed by atoms with van der Waals surface area (Å²) < 4.78 is 0. The molecule has 4 nitrogen and oxygen atoms in total. The molecule has 1 amide bonds. The smallest absolute Gasteiger partial charge is 0.220 e. The SMILES string of the molecule is CCN(CC)CCNC(=O)CCC(C)CCN. The van der Waals surface area contributed by atoms with E-state index in [-0.39, 0.29) is 5.91 Å². The lowest BCUT2D eigenvalue weighted by Crippen LogP contribution is -2.34. The van der Waals surface area contributed by atoms with E-state index in [1.54, 1.807) is 0 Å². The van der Waals surface area contributed by atoms with Crippen molar-refractivity contribution in [3.8, 4) is 0 Å². The number of nitrogens with one attached hydrogen (secondary N) is 1. The number of carbonyl (C=O) groups excluding carboxylic acids is 1. The second-order valence-electron chi connectivity index (χ2n) is 4.60. The fourth-order valence-electron chi connectivity index (χ4n) is 1.79. The van der Waals surface area contributed by atoms with Crippen LogP contribution < -0.4 is 11.1 Å². The molecule has 0 aromatic rings. The van der Waals surface area contributed by atoms with Crippen LogP contribution in [0.5, 0.6) is 0 Å². The summed E-state index contributed by atoms with van der Waals surface area (Å²) in [6.07, 6.45) is 2.57. The zero-order valence-corrected chi connectivity index (χ0v) is 11.7. The number of nitrogens with two attached hydrogens (primary N) is 1. The number of amides is 1. The van der Waals surface area contributed by atoms with Crippen molar-refractivity contribution in [1.29, 1.82) is 0 Å². The van der Waals surface area contributed by atoms with Gasteiger partial charge in [0.1, 0.15) is 0 Å². The molecule has 102 valence electrons. The molecule has 0 rings (SSSR count). The van der Waals surface area contributed by atoms with Gasteiger partial charge in [-0.3, -0.25) is 4.79 Å². The Balaban J connectivity index is 3.52. The average Bonchev–Trinajstić information content (AvgIpc) is 2.32. The Bertz CT molecular complexity index is 193. The maximum atomic E-state index is 11.5. The quantitative estimate of drug-likeness (QED) is 0.606. The van der Waals surface area contributed by atoms with Gasteiger partial charge in [0.25, 0.3) is 0 Å². The van der Waals surface area contributed by atoms with Gasteiger partial charge in [0.2, 0.25) is 5.91 Å². The number of likely N-dealkylation sites (N-methyl/N-ethyl adjacent to an activating group) is 1. The van der Waals surface area contributed by atoms with Crippen molar-refractivity contribution < 1.29 is 4.79 Å². The Morgan fingerprint density at radius 3 is 2.47 bits per heavy atom. The van der Waals surface area contributed by atoms with Gasteiger partial charge in [-0.1, -0.05) is 20.8 Å². The van der Waals surface area contributed by atoms with Crippen molar-refractivity contribution in [3.63, 3.8) is 0 Å². The van der Waals surface area contributed by atoms with Crippen molar-refractivity contribution in [1.82, 2.24) is 10.2 Å². The van der Waals surface area contributed by atoms with Gasteiger partial charge in [-0.25, -0.2) is 0 Å². The van der Waals surface area contributed by atoms with Gasteiger partial charge in [0.15, 0.2) is 0 Å². The summed E-state index contributed by atoms with van der Waals surface area (Å²) in [5.41, 5.74) is 5.47. The van der Waals surface area contributed by atoms with Crippen LogP contribution >= 0.6 is 0 Å². The maximum Gasteiger partial charge on any atom is 0.220 e. The summed E-state index contributed by atoms with van der Waals surface area (Å²) in [7, 11) is 0.